The van der Waals surface area contributed by atoms with Crippen molar-refractivity contribution in [2.45, 2.75) is 19.8 Å². The Kier molecular flexibility index (Phi) is 3.40. The van der Waals surface area contributed by atoms with Crippen molar-refractivity contribution in [2.24, 2.45) is 0 Å². The summed E-state index contributed by atoms with van der Waals surface area (Å²) in [5, 5.41) is 12.6. The molecule has 0 aliphatic rings. The van der Waals surface area contributed by atoms with Crippen LogP contribution in [-0.2, 0) is 0 Å². The minimum absolute atomic E-state index is 0.536. The van der Waals surface area contributed by atoms with Gasteiger partial charge < -0.3 is 5.32 Å². The van der Waals surface area contributed by atoms with Crippen LogP contribution in [0.4, 0.5) is 10.8 Å². The molecule has 86 valence electrons. The van der Waals surface area contributed by atoms with Crippen LogP contribution in [0.5, 0.6) is 0 Å². The summed E-state index contributed by atoms with van der Waals surface area (Å²) in [7, 11) is 0. The standard InChI is InChI=1S/C13H13N3S/c1-9(2)10-3-5-11(6-4-10)16-13-15-8-12(7-14)17-13/h3-6,8-9H,1-2H3,(H,15,16). The molecule has 0 atom stereocenters. The predicted octanol–water partition coefficient (Wildman–Crippen LogP) is 3.88. The van der Waals surface area contributed by atoms with Gasteiger partial charge in [0.25, 0.3) is 0 Å². The lowest BCUT2D eigenvalue weighted by atomic mass is 10.0. The van der Waals surface area contributed by atoms with Crippen LogP contribution in [0.2, 0.25) is 0 Å². The Morgan fingerprint density at radius 1 is 1.29 bits per heavy atom. The molecular weight excluding hydrogens is 230 g/mol. The lowest BCUT2D eigenvalue weighted by Gasteiger charge is -2.07. The molecule has 1 aromatic heterocycles. The SMILES string of the molecule is CC(C)c1ccc(Nc2ncc(C#N)s2)cc1. The lowest BCUT2D eigenvalue weighted by Crippen LogP contribution is -1.91. The second kappa shape index (κ2) is 4.98. The minimum atomic E-state index is 0.536. The molecular formula is C13H13N3S. The van der Waals surface area contributed by atoms with Gasteiger partial charge in [-0.2, -0.15) is 5.26 Å². The van der Waals surface area contributed by atoms with Gasteiger partial charge in [0.05, 0.1) is 6.20 Å². The maximum atomic E-state index is 8.71. The van der Waals surface area contributed by atoms with Crippen molar-refractivity contribution < 1.29 is 0 Å². The van der Waals surface area contributed by atoms with Crippen LogP contribution in [0.15, 0.2) is 30.5 Å². The molecule has 3 nitrogen and oxygen atoms in total. The first-order valence-corrected chi connectivity index (χ1v) is 6.23. The Morgan fingerprint density at radius 2 is 2.00 bits per heavy atom. The van der Waals surface area contributed by atoms with E-state index in [-0.39, 0.29) is 0 Å². The Hall–Kier alpha value is -1.86. The first-order chi connectivity index (χ1) is 8.19. The number of nitrogens with one attached hydrogen (secondary N) is 1. The van der Waals surface area contributed by atoms with Crippen LogP contribution in [0.25, 0.3) is 0 Å². The van der Waals surface area contributed by atoms with Crippen LogP contribution in [0, 0.1) is 11.3 Å². The molecule has 0 aliphatic carbocycles. The molecule has 0 fully saturated rings. The van der Waals surface area contributed by atoms with Crippen LogP contribution in [0.3, 0.4) is 0 Å². The van der Waals surface area contributed by atoms with E-state index in [0.29, 0.717) is 10.8 Å². The zero-order valence-electron chi connectivity index (χ0n) is 9.77. The zero-order valence-corrected chi connectivity index (χ0v) is 10.6. The molecule has 0 saturated carbocycles. The van der Waals surface area contributed by atoms with Crippen LogP contribution < -0.4 is 5.32 Å². The normalized spacial score (nSPS) is 10.2. The van der Waals surface area contributed by atoms with Crippen LogP contribution >= 0.6 is 11.3 Å². The minimum Gasteiger partial charge on any atom is -0.332 e. The number of hydrogen-bond donors (Lipinski definition) is 1. The van der Waals surface area contributed by atoms with Gasteiger partial charge in [-0.15, -0.1) is 0 Å². The topological polar surface area (TPSA) is 48.7 Å². The van der Waals surface area contributed by atoms with E-state index in [1.165, 1.54) is 16.9 Å². The van der Waals surface area contributed by atoms with E-state index in [0.717, 1.165) is 10.8 Å². The van der Waals surface area contributed by atoms with Crippen molar-refractivity contribution in [1.82, 2.24) is 4.98 Å². The molecule has 17 heavy (non-hydrogen) atoms. The largest absolute Gasteiger partial charge is 0.332 e. The summed E-state index contributed by atoms with van der Waals surface area (Å²) < 4.78 is 0. The van der Waals surface area contributed by atoms with E-state index in [2.05, 4.69) is 42.4 Å². The van der Waals surface area contributed by atoms with Gasteiger partial charge in [0.15, 0.2) is 5.13 Å². The molecule has 0 amide bonds. The fourth-order valence-electron chi connectivity index (χ4n) is 1.46. The van der Waals surface area contributed by atoms with E-state index in [4.69, 9.17) is 5.26 Å². The van der Waals surface area contributed by atoms with Gasteiger partial charge in [0.2, 0.25) is 0 Å². The maximum Gasteiger partial charge on any atom is 0.188 e. The summed E-state index contributed by atoms with van der Waals surface area (Å²) in [6.07, 6.45) is 1.58. The fraction of sp³-hybridized carbons (Fsp3) is 0.231. The van der Waals surface area contributed by atoms with Crippen molar-refractivity contribution in [3.63, 3.8) is 0 Å². The maximum absolute atomic E-state index is 8.71. The number of nitrogens with zero attached hydrogens (tertiary/aromatic N) is 2. The number of benzene rings is 1. The third-order valence-electron chi connectivity index (χ3n) is 2.44. The molecule has 2 aromatic rings. The Labute approximate surface area is 105 Å². The Bertz CT molecular complexity index is 535. The van der Waals surface area contributed by atoms with E-state index in [1.54, 1.807) is 6.20 Å². The van der Waals surface area contributed by atoms with E-state index >= 15 is 0 Å². The second-order valence-corrected chi connectivity index (χ2v) is 5.07. The number of aromatic nitrogens is 1. The van der Waals surface area contributed by atoms with Crippen molar-refractivity contribution in [3.8, 4) is 6.07 Å². The molecule has 0 radical (unpaired) electrons. The molecule has 0 unspecified atom stereocenters. The summed E-state index contributed by atoms with van der Waals surface area (Å²) in [4.78, 5) is 4.74. The third kappa shape index (κ3) is 2.83. The van der Waals surface area contributed by atoms with Gasteiger partial charge in [-0.1, -0.05) is 37.3 Å². The number of hydrogen-bond acceptors (Lipinski definition) is 4. The van der Waals surface area contributed by atoms with Gasteiger partial charge in [0, 0.05) is 5.69 Å². The average Bonchev–Trinajstić information content (AvgIpc) is 2.77. The summed E-state index contributed by atoms with van der Waals surface area (Å²) in [5.74, 6) is 0.536. The number of rotatable bonds is 3. The predicted molar refractivity (Wildman–Crippen MR) is 70.6 cm³/mol. The van der Waals surface area contributed by atoms with Crippen LogP contribution in [0.1, 0.15) is 30.2 Å². The van der Waals surface area contributed by atoms with Crippen molar-refractivity contribution in [3.05, 3.63) is 40.9 Å². The number of anilines is 2. The monoisotopic (exact) mass is 243 g/mol. The van der Waals surface area contributed by atoms with Crippen molar-refractivity contribution in [2.75, 3.05) is 5.32 Å². The van der Waals surface area contributed by atoms with Gasteiger partial charge in [-0.25, -0.2) is 4.98 Å². The first kappa shape index (κ1) is 11.6. The van der Waals surface area contributed by atoms with E-state index in [1.807, 2.05) is 12.1 Å². The molecule has 2 rings (SSSR count). The van der Waals surface area contributed by atoms with E-state index < -0.39 is 0 Å². The molecule has 1 aromatic carbocycles. The third-order valence-corrected chi connectivity index (χ3v) is 3.26. The highest BCUT2D eigenvalue weighted by molar-refractivity contribution is 7.16. The van der Waals surface area contributed by atoms with Crippen molar-refractivity contribution in [1.29, 1.82) is 5.26 Å². The highest BCUT2D eigenvalue weighted by Gasteiger charge is 2.02. The smallest absolute Gasteiger partial charge is 0.188 e. The number of thiazole rings is 1. The summed E-state index contributed by atoms with van der Waals surface area (Å²) in [6, 6.07) is 10.3. The molecule has 0 spiro atoms. The molecule has 0 aliphatic heterocycles. The number of nitriles is 1. The molecule has 0 bridgehead atoms. The Balaban J connectivity index is 2.11. The van der Waals surface area contributed by atoms with Crippen molar-refractivity contribution >= 4 is 22.2 Å². The first-order valence-electron chi connectivity index (χ1n) is 5.42. The highest BCUT2D eigenvalue weighted by atomic mass is 32.1. The molecule has 4 heteroatoms. The van der Waals surface area contributed by atoms with E-state index in [9.17, 15) is 0 Å². The summed E-state index contributed by atoms with van der Waals surface area (Å²) in [5.41, 5.74) is 2.31. The summed E-state index contributed by atoms with van der Waals surface area (Å²) in [6.45, 7) is 4.34. The highest BCUT2D eigenvalue weighted by Crippen LogP contribution is 2.23. The zero-order chi connectivity index (χ0) is 12.3. The van der Waals surface area contributed by atoms with Gasteiger partial charge in [-0.05, 0) is 23.6 Å². The molecule has 1 heterocycles. The molecule has 1 N–H and O–H groups in total. The Morgan fingerprint density at radius 3 is 2.53 bits per heavy atom. The van der Waals surface area contributed by atoms with Gasteiger partial charge in [0.1, 0.15) is 10.9 Å². The lowest BCUT2D eigenvalue weighted by molar-refractivity contribution is 0.867. The quantitative estimate of drug-likeness (QED) is 0.889. The summed E-state index contributed by atoms with van der Waals surface area (Å²) >= 11 is 1.35. The van der Waals surface area contributed by atoms with Gasteiger partial charge in [-0.3, -0.25) is 0 Å². The average molecular weight is 243 g/mol. The second-order valence-electron chi connectivity index (χ2n) is 4.04. The fourth-order valence-corrected chi connectivity index (χ4v) is 2.09. The van der Waals surface area contributed by atoms with Gasteiger partial charge >= 0.3 is 0 Å². The van der Waals surface area contributed by atoms with Crippen LogP contribution in [-0.4, -0.2) is 4.98 Å². The molecule has 0 saturated heterocycles.